The fourth-order valence-electron chi connectivity index (χ4n) is 2.53. The predicted molar refractivity (Wildman–Crippen MR) is 101 cm³/mol. The molecule has 0 fully saturated rings. The quantitative estimate of drug-likeness (QED) is 0.671. The third-order valence-electron chi connectivity index (χ3n) is 3.84. The van der Waals surface area contributed by atoms with Crippen LogP contribution in [-0.2, 0) is 12.2 Å². The van der Waals surface area contributed by atoms with E-state index in [4.69, 9.17) is 16.2 Å². The number of nitrogens with two attached hydrogens (primary N) is 2. The van der Waals surface area contributed by atoms with Crippen molar-refractivity contribution in [3.05, 3.63) is 35.2 Å². The summed E-state index contributed by atoms with van der Waals surface area (Å²) in [6, 6.07) is 4.24. The summed E-state index contributed by atoms with van der Waals surface area (Å²) in [6.07, 6.45) is 2.61. The molecule has 3 rings (SSSR count). The lowest BCUT2D eigenvalue weighted by molar-refractivity contribution is 0.409. The number of aryl methyl sites for hydroxylation is 2. The van der Waals surface area contributed by atoms with Gasteiger partial charge in [0.05, 0.1) is 19.0 Å². The van der Waals surface area contributed by atoms with Gasteiger partial charge in [0.25, 0.3) is 0 Å². The first-order chi connectivity index (χ1) is 12.0. The van der Waals surface area contributed by atoms with Crippen LogP contribution in [0.25, 0.3) is 11.2 Å². The van der Waals surface area contributed by atoms with Crippen molar-refractivity contribution in [3.63, 3.8) is 0 Å². The lowest BCUT2D eigenvalue weighted by Crippen LogP contribution is -2.04. The summed E-state index contributed by atoms with van der Waals surface area (Å²) < 4.78 is 5.44. The average molecular weight is 356 g/mol. The van der Waals surface area contributed by atoms with Gasteiger partial charge in [-0.3, -0.25) is 0 Å². The number of fused-ring (bicyclic) bond motifs is 1. The van der Waals surface area contributed by atoms with Crippen LogP contribution in [0.5, 0.6) is 5.75 Å². The molecule has 0 aliphatic heterocycles. The molecule has 0 saturated heterocycles. The smallest absolute Gasteiger partial charge is 0.224 e. The topological polar surface area (TPSA) is 113 Å². The van der Waals surface area contributed by atoms with E-state index in [0.717, 1.165) is 17.9 Å². The Hall–Kier alpha value is -2.61. The highest BCUT2D eigenvalue weighted by Crippen LogP contribution is 2.32. The van der Waals surface area contributed by atoms with Crippen molar-refractivity contribution in [2.24, 2.45) is 0 Å². The molecular weight excluding hydrogens is 336 g/mol. The van der Waals surface area contributed by atoms with E-state index in [1.54, 1.807) is 25.1 Å². The van der Waals surface area contributed by atoms with Gasteiger partial charge in [-0.05, 0) is 36.6 Å². The van der Waals surface area contributed by atoms with Crippen LogP contribution in [0.2, 0.25) is 0 Å². The lowest BCUT2D eigenvalue weighted by Gasteiger charge is -2.12. The normalized spacial score (nSPS) is 11.0. The fourth-order valence-corrected chi connectivity index (χ4v) is 3.48. The van der Waals surface area contributed by atoms with Crippen LogP contribution >= 0.6 is 11.8 Å². The molecule has 0 saturated carbocycles. The lowest BCUT2D eigenvalue weighted by atomic mass is 10.1. The van der Waals surface area contributed by atoms with E-state index in [0.29, 0.717) is 16.9 Å². The summed E-state index contributed by atoms with van der Waals surface area (Å²) in [7, 11) is 1.70. The molecule has 4 N–H and O–H groups in total. The summed E-state index contributed by atoms with van der Waals surface area (Å²) in [5, 5.41) is 0. The standard InChI is InChI=1S/C17H20N6OS/c1-4-10-6-13(9(2)5-12(10)24-3)25-8-11-7-20-16-14(21-11)15(18)22-17(19)23-16/h5-7H,4,8H2,1-3H3,(H4,18,19,20,22,23). The van der Waals surface area contributed by atoms with Crippen LogP contribution < -0.4 is 16.2 Å². The summed E-state index contributed by atoms with van der Waals surface area (Å²) in [6.45, 7) is 4.19. The number of hydrogen-bond acceptors (Lipinski definition) is 8. The maximum absolute atomic E-state index is 5.87. The number of rotatable bonds is 5. The molecule has 7 nitrogen and oxygen atoms in total. The van der Waals surface area contributed by atoms with Gasteiger partial charge in [0, 0.05) is 10.6 Å². The van der Waals surface area contributed by atoms with Gasteiger partial charge >= 0.3 is 0 Å². The molecule has 0 aliphatic rings. The molecule has 0 atom stereocenters. The van der Waals surface area contributed by atoms with Crippen LogP contribution in [0.4, 0.5) is 11.8 Å². The third kappa shape index (κ3) is 3.58. The zero-order valence-electron chi connectivity index (χ0n) is 14.4. The minimum atomic E-state index is 0.0994. The Bertz CT molecular complexity index is 931. The van der Waals surface area contributed by atoms with Gasteiger partial charge in [0.2, 0.25) is 5.95 Å². The molecule has 0 bridgehead atoms. The molecule has 0 unspecified atom stereocenters. The van der Waals surface area contributed by atoms with E-state index in [1.807, 2.05) is 0 Å². The zero-order valence-corrected chi connectivity index (χ0v) is 15.2. The molecule has 130 valence electrons. The summed E-state index contributed by atoms with van der Waals surface area (Å²) >= 11 is 1.70. The van der Waals surface area contributed by atoms with E-state index in [9.17, 15) is 0 Å². The van der Waals surface area contributed by atoms with Gasteiger partial charge in [-0.1, -0.05) is 6.92 Å². The average Bonchev–Trinajstić information content (AvgIpc) is 2.60. The number of ether oxygens (including phenoxy) is 1. The predicted octanol–water partition coefficient (Wildman–Crippen LogP) is 2.76. The highest BCUT2D eigenvalue weighted by Gasteiger charge is 2.10. The summed E-state index contributed by atoms with van der Waals surface area (Å²) in [4.78, 5) is 18.0. The number of aromatic nitrogens is 4. The zero-order chi connectivity index (χ0) is 18.0. The second-order valence-electron chi connectivity index (χ2n) is 5.57. The van der Waals surface area contributed by atoms with Crippen molar-refractivity contribution >= 4 is 34.7 Å². The van der Waals surface area contributed by atoms with Crippen LogP contribution in [-0.4, -0.2) is 27.0 Å². The van der Waals surface area contributed by atoms with E-state index >= 15 is 0 Å². The van der Waals surface area contributed by atoms with Crippen molar-refractivity contribution in [2.45, 2.75) is 30.9 Å². The summed E-state index contributed by atoms with van der Waals surface area (Å²) in [5.74, 6) is 1.94. The second-order valence-corrected chi connectivity index (χ2v) is 6.59. The molecule has 2 heterocycles. The van der Waals surface area contributed by atoms with E-state index < -0.39 is 0 Å². The van der Waals surface area contributed by atoms with E-state index in [1.165, 1.54) is 16.0 Å². The first-order valence-electron chi connectivity index (χ1n) is 7.86. The van der Waals surface area contributed by atoms with Crippen molar-refractivity contribution in [1.29, 1.82) is 0 Å². The van der Waals surface area contributed by atoms with E-state index in [-0.39, 0.29) is 11.8 Å². The van der Waals surface area contributed by atoms with Gasteiger partial charge in [-0.2, -0.15) is 9.97 Å². The molecule has 0 radical (unpaired) electrons. The number of methoxy groups -OCH3 is 1. The number of nitrogen functional groups attached to an aromatic ring is 2. The molecule has 1 aromatic carbocycles. The minimum absolute atomic E-state index is 0.0994. The fraction of sp³-hybridized carbons (Fsp3) is 0.294. The number of thioether (sulfide) groups is 1. The van der Waals surface area contributed by atoms with Crippen molar-refractivity contribution in [3.8, 4) is 5.75 Å². The molecule has 0 amide bonds. The SMILES string of the molecule is CCc1cc(SCc2cnc3nc(N)nc(N)c3n2)c(C)cc1OC. The Labute approximate surface area is 150 Å². The number of benzene rings is 1. The summed E-state index contributed by atoms with van der Waals surface area (Å²) in [5.41, 5.74) is 15.5. The third-order valence-corrected chi connectivity index (χ3v) is 5.03. The van der Waals surface area contributed by atoms with Crippen LogP contribution in [0.15, 0.2) is 23.2 Å². The molecule has 8 heteroatoms. The Morgan fingerprint density at radius 2 is 1.96 bits per heavy atom. The van der Waals surface area contributed by atoms with Gasteiger partial charge in [-0.15, -0.1) is 11.8 Å². The molecular formula is C17H20N6OS. The second kappa shape index (κ2) is 7.10. The van der Waals surface area contributed by atoms with Crippen LogP contribution in [0.1, 0.15) is 23.7 Å². The highest BCUT2D eigenvalue weighted by molar-refractivity contribution is 7.98. The Balaban J connectivity index is 1.85. The van der Waals surface area contributed by atoms with Gasteiger partial charge in [-0.25, -0.2) is 9.97 Å². The first kappa shape index (κ1) is 17.2. The monoisotopic (exact) mass is 356 g/mol. The minimum Gasteiger partial charge on any atom is -0.496 e. The Morgan fingerprint density at radius 3 is 2.68 bits per heavy atom. The maximum Gasteiger partial charge on any atom is 0.224 e. The molecule has 25 heavy (non-hydrogen) atoms. The van der Waals surface area contributed by atoms with Crippen molar-refractivity contribution < 1.29 is 4.74 Å². The van der Waals surface area contributed by atoms with Crippen LogP contribution in [0, 0.1) is 6.92 Å². The van der Waals surface area contributed by atoms with E-state index in [2.05, 4.69) is 45.9 Å². The molecule has 0 aliphatic carbocycles. The highest BCUT2D eigenvalue weighted by atomic mass is 32.2. The van der Waals surface area contributed by atoms with Crippen molar-refractivity contribution in [2.75, 3.05) is 18.6 Å². The number of nitrogens with zero attached hydrogens (tertiary/aromatic N) is 4. The Morgan fingerprint density at radius 1 is 1.16 bits per heavy atom. The largest absolute Gasteiger partial charge is 0.496 e. The van der Waals surface area contributed by atoms with Crippen molar-refractivity contribution in [1.82, 2.24) is 19.9 Å². The molecule has 0 spiro atoms. The van der Waals surface area contributed by atoms with Gasteiger partial charge in [0.1, 0.15) is 5.75 Å². The maximum atomic E-state index is 5.87. The Kier molecular flexibility index (Phi) is 4.89. The van der Waals surface area contributed by atoms with Gasteiger partial charge < -0.3 is 16.2 Å². The first-order valence-corrected chi connectivity index (χ1v) is 8.85. The number of hydrogen-bond donors (Lipinski definition) is 2. The molecule has 2 aromatic heterocycles. The molecule has 3 aromatic rings. The van der Waals surface area contributed by atoms with Gasteiger partial charge in [0.15, 0.2) is 17.0 Å². The van der Waals surface area contributed by atoms with Crippen LogP contribution in [0.3, 0.4) is 0 Å². The number of anilines is 2.